The quantitative estimate of drug-likeness (QED) is 0.621. The Morgan fingerprint density at radius 1 is 1.29 bits per heavy atom. The Morgan fingerprint density at radius 2 is 2.03 bits per heavy atom. The van der Waals surface area contributed by atoms with E-state index in [1.54, 1.807) is 35.5 Å². The van der Waals surface area contributed by atoms with Crippen LogP contribution in [0, 0.1) is 11.8 Å². The lowest BCUT2D eigenvalue weighted by atomic mass is 9.99. The largest absolute Gasteiger partial charge is 0.488 e. The van der Waals surface area contributed by atoms with Gasteiger partial charge in [-0.1, -0.05) is 6.92 Å². The van der Waals surface area contributed by atoms with Crippen molar-refractivity contribution in [2.24, 2.45) is 11.8 Å². The van der Waals surface area contributed by atoms with Crippen LogP contribution in [0.25, 0.3) is 0 Å². The normalized spacial score (nSPS) is 21.3. The van der Waals surface area contributed by atoms with Crippen LogP contribution in [0.3, 0.4) is 0 Å². The Balaban J connectivity index is 1.58. The van der Waals surface area contributed by atoms with Crippen molar-refractivity contribution < 1.29 is 19.4 Å². The molecule has 1 aliphatic carbocycles. The summed E-state index contributed by atoms with van der Waals surface area (Å²) in [6.07, 6.45) is 5.22. The summed E-state index contributed by atoms with van der Waals surface area (Å²) < 4.78 is 6.43. The number of amides is 2. The molecule has 4 rings (SSSR count). The van der Waals surface area contributed by atoms with E-state index >= 15 is 0 Å². The van der Waals surface area contributed by atoms with Crippen molar-refractivity contribution in [1.82, 2.24) is 14.8 Å². The third-order valence-corrected chi connectivity index (χ3v) is 6.57. The first-order valence-electron chi connectivity index (χ1n) is 12.0. The Labute approximate surface area is 200 Å². The number of benzene rings is 1. The Kier molecular flexibility index (Phi) is 7.48. The number of fused-ring (bicyclic) bond motifs is 1. The molecule has 34 heavy (non-hydrogen) atoms. The standard InChI is InChI=1S/C26H34N4O4/c1-17-13-30(18(2)16-31)26(33)22-12-21(28-25(32)20-4-5-20)6-7-23(22)34-24(17)15-29(3)14-19-8-10-27-11-9-19/h6-12,17-18,20,24,31H,4-5,13-16H2,1-3H3,(H,28,32)/t17-,18-,24-/m1/s1. The van der Waals surface area contributed by atoms with Crippen molar-refractivity contribution >= 4 is 17.5 Å². The number of aliphatic hydroxyl groups excluding tert-OH is 1. The minimum atomic E-state index is -0.333. The zero-order valence-corrected chi connectivity index (χ0v) is 20.1. The van der Waals surface area contributed by atoms with Crippen molar-refractivity contribution in [1.29, 1.82) is 0 Å². The molecule has 2 heterocycles. The first-order valence-corrected chi connectivity index (χ1v) is 12.0. The number of nitrogens with one attached hydrogen (secondary N) is 1. The summed E-state index contributed by atoms with van der Waals surface area (Å²) in [6, 6.07) is 8.91. The lowest BCUT2D eigenvalue weighted by molar-refractivity contribution is -0.117. The lowest BCUT2D eigenvalue weighted by Gasteiger charge is -2.38. The van der Waals surface area contributed by atoms with Crippen molar-refractivity contribution in [2.45, 2.75) is 45.4 Å². The molecule has 2 aromatic rings. The third kappa shape index (κ3) is 5.74. The minimum absolute atomic E-state index is 0.0102. The molecule has 2 N–H and O–H groups in total. The van der Waals surface area contributed by atoms with Crippen LogP contribution in [0.15, 0.2) is 42.7 Å². The second-order valence-electron chi connectivity index (χ2n) is 9.65. The summed E-state index contributed by atoms with van der Waals surface area (Å²) in [6.45, 7) is 5.68. The van der Waals surface area contributed by atoms with Crippen molar-refractivity contribution in [3.8, 4) is 5.75 Å². The van der Waals surface area contributed by atoms with Gasteiger partial charge in [0.1, 0.15) is 11.9 Å². The van der Waals surface area contributed by atoms with Gasteiger partial charge in [0.15, 0.2) is 0 Å². The maximum absolute atomic E-state index is 13.5. The molecule has 1 aromatic carbocycles. The molecule has 0 saturated heterocycles. The van der Waals surface area contributed by atoms with E-state index in [9.17, 15) is 14.7 Å². The highest BCUT2D eigenvalue weighted by Crippen LogP contribution is 2.33. The molecule has 2 aliphatic rings. The van der Waals surface area contributed by atoms with E-state index in [-0.39, 0.29) is 42.4 Å². The summed E-state index contributed by atoms with van der Waals surface area (Å²) in [7, 11) is 2.05. The van der Waals surface area contributed by atoms with Gasteiger partial charge in [0, 0.05) is 49.6 Å². The van der Waals surface area contributed by atoms with E-state index < -0.39 is 0 Å². The fraction of sp³-hybridized carbons (Fsp3) is 0.500. The number of aromatic nitrogens is 1. The summed E-state index contributed by atoms with van der Waals surface area (Å²) in [5.41, 5.74) is 2.16. The molecule has 3 atom stereocenters. The number of anilines is 1. The number of nitrogens with zero attached hydrogens (tertiary/aromatic N) is 3. The number of aliphatic hydroxyl groups is 1. The van der Waals surface area contributed by atoms with Gasteiger partial charge in [-0.25, -0.2) is 0 Å². The summed E-state index contributed by atoms with van der Waals surface area (Å²) in [4.78, 5) is 33.7. The van der Waals surface area contributed by atoms with Gasteiger partial charge in [0.05, 0.1) is 18.2 Å². The number of pyridine rings is 1. The molecule has 2 amide bonds. The first-order chi connectivity index (χ1) is 16.4. The number of hydrogen-bond donors (Lipinski definition) is 2. The maximum Gasteiger partial charge on any atom is 0.258 e. The van der Waals surface area contributed by atoms with Gasteiger partial charge >= 0.3 is 0 Å². The first kappa shape index (κ1) is 24.2. The lowest BCUT2D eigenvalue weighted by Crippen LogP contribution is -2.49. The van der Waals surface area contributed by atoms with Gasteiger partial charge < -0.3 is 20.1 Å². The Hall–Kier alpha value is -2.97. The zero-order chi connectivity index (χ0) is 24.2. The molecular weight excluding hydrogens is 432 g/mol. The average Bonchev–Trinajstić information content (AvgIpc) is 3.67. The number of ether oxygens (including phenoxy) is 1. The van der Waals surface area contributed by atoms with Crippen LogP contribution in [-0.2, 0) is 11.3 Å². The summed E-state index contributed by atoms with van der Waals surface area (Å²) in [5, 5.41) is 12.7. The van der Waals surface area contributed by atoms with Gasteiger partial charge in [-0.2, -0.15) is 0 Å². The van der Waals surface area contributed by atoms with Crippen molar-refractivity contribution in [2.75, 3.05) is 32.1 Å². The molecule has 0 spiro atoms. The number of rotatable bonds is 8. The number of carbonyl (C=O) groups is 2. The minimum Gasteiger partial charge on any atom is -0.488 e. The van der Waals surface area contributed by atoms with Crippen LogP contribution < -0.4 is 10.1 Å². The average molecular weight is 467 g/mol. The molecule has 182 valence electrons. The monoisotopic (exact) mass is 466 g/mol. The van der Waals surface area contributed by atoms with E-state index in [4.69, 9.17) is 4.74 Å². The van der Waals surface area contributed by atoms with Crippen LogP contribution in [-0.4, -0.2) is 70.6 Å². The molecule has 0 bridgehead atoms. The van der Waals surface area contributed by atoms with E-state index in [0.717, 1.165) is 24.9 Å². The predicted molar refractivity (Wildman–Crippen MR) is 130 cm³/mol. The summed E-state index contributed by atoms with van der Waals surface area (Å²) in [5.74, 6) is 0.401. The maximum atomic E-state index is 13.5. The van der Waals surface area contributed by atoms with E-state index in [1.807, 2.05) is 26.1 Å². The molecule has 1 aliphatic heterocycles. The molecule has 1 saturated carbocycles. The Bertz CT molecular complexity index is 1010. The van der Waals surface area contributed by atoms with Crippen molar-refractivity contribution in [3.63, 3.8) is 0 Å². The molecule has 8 nitrogen and oxygen atoms in total. The van der Waals surface area contributed by atoms with E-state index in [2.05, 4.69) is 22.1 Å². The molecular formula is C26H34N4O4. The molecule has 1 fully saturated rings. The van der Waals surface area contributed by atoms with Gasteiger partial charge in [-0.3, -0.25) is 19.5 Å². The highest BCUT2D eigenvalue weighted by atomic mass is 16.5. The number of hydrogen-bond acceptors (Lipinski definition) is 6. The van der Waals surface area contributed by atoms with Crippen LogP contribution >= 0.6 is 0 Å². The predicted octanol–water partition coefficient (Wildman–Crippen LogP) is 2.78. The van der Waals surface area contributed by atoms with Crippen LogP contribution in [0.4, 0.5) is 5.69 Å². The molecule has 1 aromatic heterocycles. The molecule has 8 heteroatoms. The van der Waals surface area contributed by atoms with Gasteiger partial charge in [-0.05, 0) is 62.7 Å². The highest BCUT2D eigenvalue weighted by molar-refractivity contribution is 6.00. The smallest absolute Gasteiger partial charge is 0.258 e. The molecule has 0 unspecified atom stereocenters. The van der Waals surface area contributed by atoms with E-state index in [0.29, 0.717) is 30.1 Å². The summed E-state index contributed by atoms with van der Waals surface area (Å²) >= 11 is 0. The SMILES string of the molecule is C[C@@H]1CN([C@H](C)CO)C(=O)c2cc(NC(=O)C3CC3)ccc2O[C@@H]1CN(C)Cc1ccncc1. The highest BCUT2D eigenvalue weighted by Gasteiger charge is 2.34. The van der Waals surface area contributed by atoms with E-state index in [1.165, 1.54) is 0 Å². The number of carbonyl (C=O) groups excluding carboxylic acids is 2. The van der Waals surface area contributed by atoms with Gasteiger partial charge in [-0.15, -0.1) is 0 Å². The second-order valence-corrected chi connectivity index (χ2v) is 9.65. The molecule has 0 radical (unpaired) electrons. The topological polar surface area (TPSA) is 95.0 Å². The second kappa shape index (κ2) is 10.5. The van der Waals surface area contributed by atoms with Crippen LogP contribution in [0.5, 0.6) is 5.75 Å². The fourth-order valence-corrected chi connectivity index (χ4v) is 4.28. The fourth-order valence-electron chi connectivity index (χ4n) is 4.28. The zero-order valence-electron chi connectivity index (χ0n) is 20.1. The van der Waals surface area contributed by atoms with Gasteiger partial charge in [0.2, 0.25) is 5.91 Å². The third-order valence-electron chi connectivity index (χ3n) is 6.57. The Morgan fingerprint density at radius 3 is 2.71 bits per heavy atom. The van der Waals surface area contributed by atoms with Crippen LogP contribution in [0.2, 0.25) is 0 Å². The number of likely N-dealkylation sites (N-methyl/N-ethyl adjacent to an activating group) is 1. The van der Waals surface area contributed by atoms with Gasteiger partial charge in [0.25, 0.3) is 5.91 Å². The van der Waals surface area contributed by atoms with Crippen molar-refractivity contribution in [3.05, 3.63) is 53.9 Å². The van der Waals surface area contributed by atoms with Crippen LogP contribution in [0.1, 0.15) is 42.6 Å².